The van der Waals surface area contributed by atoms with Gasteiger partial charge in [-0.3, -0.25) is 13.7 Å². The number of hydrogen-bond donors (Lipinski definition) is 4. The first-order chi connectivity index (χ1) is 9.05. The van der Waals surface area contributed by atoms with Gasteiger partial charge in [0.15, 0.2) is 6.10 Å². The number of carbonyl (C=O) groups is 1. The van der Waals surface area contributed by atoms with E-state index in [9.17, 15) is 23.2 Å². The van der Waals surface area contributed by atoms with Gasteiger partial charge in [-0.25, -0.2) is 9.18 Å². The molecule has 0 bridgehead atoms. The molecule has 8 nitrogen and oxygen atoms in total. The minimum atomic E-state index is -5.55. The Morgan fingerprint density at radius 3 is 2.05 bits per heavy atom. The maximum Gasteiger partial charge on any atom is 0.375 e. The second-order valence-corrected chi connectivity index (χ2v) is 7.53. The minimum absolute atomic E-state index is 0.0767. The van der Waals surface area contributed by atoms with Crippen molar-refractivity contribution < 1.29 is 42.6 Å². The summed E-state index contributed by atoms with van der Waals surface area (Å²) < 4.78 is 39.5. The Bertz CT molecular complexity index is 571. The molecule has 2 unspecified atom stereocenters. The molecule has 0 aliphatic rings. The summed E-state index contributed by atoms with van der Waals surface area (Å²) >= 11 is 0. The lowest BCUT2D eigenvalue weighted by atomic mass is 10.1. The van der Waals surface area contributed by atoms with Gasteiger partial charge in [-0.1, -0.05) is 30.3 Å². The quantitative estimate of drug-likeness (QED) is 0.575. The van der Waals surface area contributed by atoms with Gasteiger partial charge >= 0.3 is 21.2 Å². The molecular weight excluding hydrogens is 317 g/mol. The van der Waals surface area contributed by atoms with E-state index in [1.54, 1.807) is 0 Å². The van der Waals surface area contributed by atoms with Crippen molar-refractivity contribution in [3.05, 3.63) is 35.9 Å². The summed E-state index contributed by atoms with van der Waals surface area (Å²) in [7, 11) is -11.0. The van der Waals surface area contributed by atoms with Gasteiger partial charge in [-0.15, -0.1) is 0 Å². The van der Waals surface area contributed by atoms with Gasteiger partial charge in [0, 0.05) is 0 Å². The average molecular weight is 328 g/mol. The molecule has 0 aliphatic heterocycles. The lowest BCUT2D eigenvalue weighted by Gasteiger charge is -2.21. The summed E-state index contributed by atoms with van der Waals surface area (Å²) in [5.41, 5.74) is -3.59. The highest BCUT2D eigenvalue weighted by molar-refractivity contribution is 7.71. The Kier molecular flexibility index (Phi) is 5.21. The molecule has 20 heavy (non-hydrogen) atoms. The monoisotopic (exact) mass is 328 g/mol. The van der Waals surface area contributed by atoms with E-state index in [4.69, 9.17) is 14.9 Å². The predicted molar refractivity (Wildman–Crippen MR) is 64.7 cm³/mol. The zero-order valence-electron chi connectivity index (χ0n) is 9.74. The van der Waals surface area contributed by atoms with Gasteiger partial charge in [0.2, 0.25) is 0 Å². The van der Waals surface area contributed by atoms with Crippen LogP contribution in [0.2, 0.25) is 0 Å². The Labute approximate surface area is 112 Å². The summed E-state index contributed by atoms with van der Waals surface area (Å²) in [4.78, 5) is 37.2. The van der Waals surface area contributed by atoms with Crippen molar-refractivity contribution in [2.24, 2.45) is 0 Å². The number of benzene rings is 1. The molecule has 0 amide bonds. The number of halogens is 1. The van der Waals surface area contributed by atoms with Gasteiger partial charge in [0.1, 0.15) is 0 Å². The van der Waals surface area contributed by atoms with Gasteiger partial charge in [0.05, 0.1) is 0 Å². The van der Waals surface area contributed by atoms with Crippen LogP contribution in [0.5, 0.6) is 0 Å². The van der Waals surface area contributed by atoms with E-state index in [1.807, 2.05) is 0 Å². The molecule has 4 N–H and O–H groups in total. The first-order valence-corrected chi connectivity index (χ1v) is 8.36. The molecule has 0 spiro atoms. The molecule has 0 heterocycles. The molecule has 0 saturated carbocycles. The Morgan fingerprint density at radius 2 is 1.65 bits per heavy atom. The summed E-state index contributed by atoms with van der Waals surface area (Å²) in [5, 5.41) is 8.90. The lowest BCUT2D eigenvalue weighted by molar-refractivity contribution is -0.145. The van der Waals surface area contributed by atoms with Gasteiger partial charge < -0.3 is 19.8 Å². The number of carboxylic acid groups (broad SMARTS) is 1. The van der Waals surface area contributed by atoms with Crippen LogP contribution in [0.4, 0.5) is 4.39 Å². The van der Waals surface area contributed by atoms with Crippen molar-refractivity contribution >= 4 is 21.2 Å². The first kappa shape index (κ1) is 17.0. The molecule has 3 atom stereocenters. The molecule has 0 aliphatic carbocycles. The van der Waals surface area contributed by atoms with Crippen LogP contribution in [0.3, 0.4) is 0 Å². The molecule has 1 rings (SSSR count). The van der Waals surface area contributed by atoms with Crippen molar-refractivity contribution in [3.63, 3.8) is 0 Å². The number of alkyl halides is 1. The van der Waals surface area contributed by atoms with E-state index in [1.165, 1.54) is 30.3 Å². The Balaban J connectivity index is 3.06. The molecule has 0 radical (unpaired) electrons. The standard InChI is InChI=1S/C9H11FO8P2/c10-9(19(13,14)15)20(16,17)18-7(8(11)12)6-4-2-1-3-5-6/h1-5,7,9H,(H,11,12)(H,16,17)(H2,13,14,15)/t7-,9?/m0/s1. The van der Waals surface area contributed by atoms with E-state index in [2.05, 4.69) is 4.52 Å². The second kappa shape index (κ2) is 6.13. The third-order valence-corrected chi connectivity index (χ3v) is 5.51. The molecule has 1 aromatic rings. The Hall–Kier alpha value is -1.08. The highest BCUT2D eigenvalue weighted by Gasteiger charge is 2.48. The van der Waals surface area contributed by atoms with Crippen molar-refractivity contribution in [2.45, 2.75) is 11.8 Å². The van der Waals surface area contributed by atoms with Crippen molar-refractivity contribution in [1.29, 1.82) is 0 Å². The number of aliphatic carboxylic acids is 1. The van der Waals surface area contributed by atoms with Crippen LogP contribution in [-0.2, 0) is 18.4 Å². The average Bonchev–Trinajstić information content (AvgIpc) is 2.34. The first-order valence-electron chi connectivity index (χ1n) is 5.03. The highest BCUT2D eigenvalue weighted by Crippen LogP contribution is 2.65. The summed E-state index contributed by atoms with van der Waals surface area (Å²) in [6.07, 6.45) is -2.03. The molecule has 0 saturated heterocycles. The van der Waals surface area contributed by atoms with Crippen LogP contribution in [0, 0.1) is 0 Å². The number of carboxylic acids is 1. The third kappa shape index (κ3) is 4.21. The normalized spacial score (nSPS) is 18.0. The fraction of sp³-hybridized carbons (Fsp3) is 0.222. The van der Waals surface area contributed by atoms with Crippen molar-refractivity contribution in [3.8, 4) is 0 Å². The molecule has 0 fully saturated rings. The number of hydrogen-bond acceptors (Lipinski definition) is 4. The predicted octanol–water partition coefficient (Wildman–Crippen LogP) is 1.45. The van der Waals surface area contributed by atoms with Crippen molar-refractivity contribution in [1.82, 2.24) is 0 Å². The van der Waals surface area contributed by atoms with E-state index < -0.39 is 32.9 Å². The fourth-order valence-corrected chi connectivity index (χ4v) is 3.57. The second-order valence-electron chi connectivity index (χ2n) is 3.70. The number of rotatable bonds is 6. The summed E-state index contributed by atoms with van der Waals surface area (Å²) in [6.45, 7) is 0. The van der Waals surface area contributed by atoms with E-state index in [0.29, 0.717) is 0 Å². The van der Waals surface area contributed by atoms with Crippen LogP contribution in [-0.4, -0.2) is 31.4 Å². The van der Waals surface area contributed by atoms with Crippen LogP contribution >= 0.6 is 15.2 Å². The zero-order valence-corrected chi connectivity index (χ0v) is 11.5. The zero-order chi connectivity index (χ0) is 15.6. The Morgan fingerprint density at radius 1 is 1.15 bits per heavy atom. The van der Waals surface area contributed by atoms with E-state index in [-0.39, 0.29) is 5.56 Å². The maximum absolute atomic E-state index is 13.2. The van der Waals surface area contributed by atoms with Crippen molar-refractivity contribution in [2.75, 3.05) is 0 Å². The van der Waals surface area contributed by atoms with Crippen LogP contribution in [0.1, 0.15) is 11.7 Å². The fourth-order valence-electron chi connectivity index (χ4n) is 1.27. The summed E-state index contributed by atoms with van der Waals surface area (Å²) in [6, 6.07) is 6.83. The molecule has 1 aromatic carbocycles. The minimum Gasteiger partial charge on any atom is -0.479 e. The topological polar surface area (TPSA) is 141 Å². The maximum atomic E-state index is 13.2. The van der Waals surface area contributed by atoms with Crippen LogP contribution in [0.15, 0.2) is 30.3 Å². The molecule has 11 heteroatoms. The molecule has 0 aromatic heterocycles. The summed E-state index contributed by atoms with van der Waals surface area (Å²) in [5.74, 6) is -1.71. The molecular formula is C9H11FO8P2. The lowest BCUT2D eigenvalue weighted by Crippen LogP contribution is -2.17. The largest absolute Gasteiger partial charge is 0.479 e. The smallest absolute Gasteiger partial charge is 0.375 e. The van der Waals surface area contributed by atoms with E-state index >= 15 is 0 Å². The van der Waals surface area contributed by atoms with Gasteiger partial charge in [-0.05, 0) is 5.56 Å². The van der Waals surface area contributed by atoms with E-state index in [0.717, 1.165) is 0 Å². The third-order valence-electron chi connectivity index (χ3n) is 2.13. The van der Waals surface area contributed by atoms with Gasteiger partial charge in [0.25, 0.3) is 5.65 Å². The van der Waals surface area contributed by atoms with Crippen LogP contribution < -0.4 is 0 Å². The van der Waals surface area contributed by atoms with Gasteiger partial charge in [-0.2, -0.15) is 0 Å². The highest BCUT2D eigenvalue weighted by atomic mass is 31.2. The van der Waals surface area contributed by atoms with Crippen LogP contribution in [0.25, 0.3) is 0 Å². The SMILES string of the molecule is O=C(O)[C@@H](OP(=O)(O)C(F)P(=O)(O)O)c1ccccc1. The molecule has 112 valence electrons.